The quantitative estimate of drug-likeness (QED) is 0.638. The molecule has 0 saturated heterocycles. The number of ether oxygens (including phenoxy) is 2. The van der Waals surface area contributed by atoms with E-state index in [1.165, 1.54) is 12.3 Å². The van der Waals surface area contributed by atoms with Crippen molar-refractivity contribution in [1.29, 1.82) is 0 Å². The number of nitrogens with one attached hydrogen (secondary N) is 1. The number of nitrogens with zero attached hydrogens (tertiary/aromatic N) is 1. The summed E-state index contributed by atoms with van der Waals surface area (Å²) in [4.78, 5) is 11.6. The number of rotatable bonds is 6. The molecule has 0 aromatic heterocycles. The molecule has 5 nitrogen and oxygen atoms in total. The van der Waals surface area contributed by atoms with E-state index in [1.807, 2.05) is 12.1 Å². The molecule has 0 radical (unpaired) electrons. The Kier molecular flexibility index (Phi) is 6.26. The fraction of sp³-hybridized carbons (Fsp3) is 0.125. The minimum absolute atomic E-state index is 0.207. The molecule has 0 fully saturated rings. The summed E-state index contributed by atoms with van der Waals surface area (Å²) in [6, 6.07) is 12.0. The zero-order valence-corrected chi connectivity index (χ0v) is 13.8. The van der Waals surface area contributed by atoms with E-state index in [0.29, 0.717) is 15.8 Å². The van der Waals surface area contributed by atoms with Crippen molar-refractivity contribution in [1.82, 2.24) is 5.43 Å². The molecule has 23 heavy (non-hydrogen) atoms. The zero-order chi connectivity index (χ0) is 16.7. The number of carbonyl (C=O) groups is 1. The van der Waals surface area contributed by atoms with Crippen LogP contribution in [0.2, 0.25) is 10.0 Å². The van der Waals surface area contributed by atoms with Crippen LogP contribution in [0.25, 0.3) is 0 Å². The molecule has 0 aliphatic rings. The number of amides is 1. The van der Waals surface area contributed by atoms with Gasteiger partial charge in [-0.25, -0.2) is 5.43 Å². The lowest BCUT2D eigenvalue weighted by atomic mass is 10.2. The van der Waals surface area contributed by atoms with Crippen LogP contribution in [-0.4, -0.2) is 25.8 Å². The van der Waals surface area contributed by atoms with E-state index < -0.39 is 5.91 Å². The summed E-state index contributed by atoms with van der Waals surface area (Å²) >= 11 is 11.7. The summed E-state index contributed by atoms with van der Waals surface area (Å²) in [5.41, 5.74) is 3.19. The van der Waals surface area contributed by atoms with Crippen molar-refractivity contribution in [2.45, 2.75) is 0 Å². The van der Waals surface area contributed by atoms with Crippen molar-refractivity contribution in [3.63, 3.8) is 0 Å². The van der Waals surface area contributed by atoms with Crippen LogP contribution in [0.4, 0.5) is 0 Å². The van der Waals surface area contributed by atoms with Crippen LogP contribution in [0.15, 0.2) is 47.6 Å². The Morgan fingerprint density at radius 1 is 1.22 bits per heavy atom. The number of halogens is 2. The Balaban J connectivity index is 1.81. The molecular formula is C16H14Cl2N2O3. The van der Waals surface area contributed by atoms with Gasteiger partial charge in [-0.3, -0.25) is 4.79 Å². The van der Waals surface area contributed by atoms with Gasteiger partial charge in [0.25, 0.3) is 5.91 Å². The Morgan fingerprint density at radius 2 is 1.96 bits per heavy atom. The Labute approximate surface area is 143 Å². The lowest BCUT2D eigenvalue weighted by molar-refractivity contribution is -0.123. The molecule has 2 aromatic rings. The zero-order valence-electron chi connectivity index (χ0n) is 12.3. The molecule has 1 amide bonds. The Hall–Kier alpha value is -2.24. The number of hydrazone groups is 1. The number of hydrogen-bond donors (Lipinski definition) is 1. The lowest BCUT2D eigenvalue weighted by Gasteiger charge is -2.07. The molecule has 0 bridgehead atoms. The second kappa shape index (κ2) is 8.41. The van der Waals surface area contributed by atoms with Gasteiger partial charge in [-0.1, -0.05) is 23.2 Å². The highest BCUT2D eigenvalue weighted by molar-refractivity contribution is 6.35. The van der Waals surface area contributed by atoms with E-state index in [0.717, 1.165) is 11.3 Å². The van der Waals surface area contributed by atoms with E-state index in [1.54, 1.807) is 31.4 Å². The van der Waals surface area contributed by atoms with Gasteiger partial charge in [0, 0.05) is 5.02 Å². The third-order valence-corrected chi connectivity index (χ3v) is 3.30. The van der Waals surface area contributed by atoms with Crippen LogP contribution in [0.1, 0.15) is 5.56 Å². The largest absolute Gasteiger partial charge is 0.497 e. The minimum Gasteiger partial charge on any atom is -0.497 e. The predicted molar refractivity (Wildman–Crippen MR) is 90.7 cm³/mol. The van der Waals surface area contributed by atoms with Gasteiger partial charge in [-0.05, 0) is 48.0 Å². The number of methoxy groups -OCH3 is 1. The summed E-state index contributed by atoms with van der Waals surface area (Å²) in [6.07, 6.45) is 1.52. The van der Waals surface area contributed by atoms with Gasteiger partial charge in [0.2, 0.25) is 0 Å². The maximum atomic E-state index is 11.6. The SMILES string of the molecule is COc1ccc(/C=N\NC(=O)COc2ccc(Cl)cc2Cl)cc1. The van der Waals surface area contributed by atoms with Crippen LogP contribution < -0.4 is 14.9 Å². The standard InChI is InChI=1S/C16H14Cl2N2O3/c1-22-13-5-2-11(3-6-13)9-19-20-16(21)10-23-15-7-4-12(17)8-14(15)18/h2-9H,10H2,1H3,(H,20,21)/b19-9-. The summed E-state index contributed by atoms with van der Waals surface area (Å²) in [5.74, 6) is 0.727. The van der Waals surface area contributed by atoms with E-state index >= 15 is 0 Å². The van der Waals surface area contributed by atoms with Crippen LogP contribution in [-0.2, 0) is 4.79 Å². The van der Waals surface area contributed by atoms with Crippen LogP contribution in [0.5, 0.6) is 11.5 Å². The molecule has 2 aromatic carbocycles. The van der Waals surface area contributed by atoms with E-state index in [-0.39, 0.29) is 6.61 Å². The molecule has 0 aliphatic heterocycles. The van der Waals surface area contributed by atoms with Crippen LogP contribution in [0, 0.1) is 0 Å². The molecule has 120 valence electrons. The number of hydrogen-bond acceptors (Lipinski definition) is 4. The van der Waals surface area contributed by atoms with Gasteiger partial charge >= 0.3 is 0 Å². The first-order chi connectivity index (χ1) is 11.1. The maximum Gasteiger partial charge on any atom is 0.277 e. The predicted octanol–water partition coefficient (Wildman–Crippen LogP) is 3.53. The highest BCUT2D eigenvalue weighted by atomic mass is 35.5. The van der Waals surface area contributed by atoms with E-state index in [4.69, 9.17) is 32.7 Å². The van der Waals surface area contributed by atoms with Gasteiger partial charge in [0.15, 0.2) is 6.61 Å². The van der Waals surface area contributed by atoms with E-state index in [2.05, 4.69) is 10.5 Å². The Morgan fingerprint density at radius 3 is 2.61 bits per heavy atom. The molecule has 2 rings (SSSR count). The number of carbonyl (C=O) groups excluding carboxylic acids is 1. The highest BCUT2D eigenvalue weighted by Crippen LogP contribution is 2.27. The average Bonchev–Trinajstić information content (AvgIpc) is 2.54. The van der Waals surface area contributed by atoms with Crippen molar-refractivity contribution in [2.24, 2.45) is 5.10 Å². The van der Waals surface area contributed by atoms with Crippen LogP contribution in [0.3, 0.4) is 0 Å². The number of benzene rings is 2. The minimum atomic E-state index is -0.402. The molecule has 7 heteroatoms. The second-order valence-electron chi connectivity index (χ2n) is 4.43. The molecule has 0 aliphatic carbocycles. The maximum absolute atomic E-state index is 11.6. The van der Waals surface area contributed by atoms with Crippen molar-refractivity contribution in [3.8, 4) is 11.5 Å². The topological polar surface area (TPSA) is 59.9 Å². The summed E-state index contributed by atoms with van der Waals surface area (Å²) in [6.45, 7) is -0.207. The summed E-state index contributed by atoms with van der Waals surface area (Å²) in [5, 5.41) is 4.68. The van der Waals surface area contributed by atoms with Crippen molar-refractivity contribution >= 4 is 35.3 Å². The van der Waals surface area contributed by atoms with Gasteiger partial charge in [0.1, 0.15) is 11.5 Å². The van der Waals surface area contributed by atoms with E-state index in [9.17, 15) is 4.79 Å². The third kappa shape index (κ3) is 5.47. The normalized spacial score (nSPS) is 10.6. The van der Waals surface area contributed by atoms with Gasteiger partial charge < -0.3 is 9.47 Å². The fourth-order valence-corrected chi connectivity index (χ4v) is 2.10. The average molecular weight is 353 g/mol. The monoisotopic (exact) mass is 352 g/mol. The smallest absolute Gasteiger partial charge is 0.277 e. The van der Waals surface area contributed by atoms with Crippen molar-refractivity contribution in [2.75, 3.05) is 13.7 Å². The van der Waals surface area contributed by atoms with Gasteiger partial charge in [0.05, 0.1) is 18.3 Å². The third-order valence-electron chi connectivity index (χ3n) is 2.77. The molecule has 0 atom stereocenters. The van der Waals surface area contributed by atoms with Gasteiger partial charge in [-0.15, -0.1) is 0 Å². The molecule has 0 spiro atoms. The second-order valence-corrected chi connectivity index (χ2v) is 5.27. The van der Waals surface area contributed by atoms with Crippen LogP contribution >= 0.6 is 23.2 Å². The molecule has 0 heterocycles. The lowest BCUT2D eigenvalue weighted by Crippen LogP contribution is -2.24. The highest BCUT2D eigenvalue weighted by Gasteiger charge is 2.05. The summed E-state index contributed by atoms with van der Waals surface area (Å²) < 4.78 is 10.3. The molecule has 0 saturated carbocycles. The van der Waals surface area contributed by atoms with Crippen molar-refractivity contribution in [3.05, 3.63) is 58.1 Å². The Bertz CT molecular complexity index is 703. The van der Waals surface area contributed by atoms with Gasteiger partial charge in [-0.2, -0.15) is 5.10 Å². The first-order valence-electron chi connectivity index (χ1n) is 6.62. The first kappa shape index (κ1) is 17.1. The summed E-state index contributed by atoms with van der Waals surface area (Å²) in [7, 11) is 1.59. The molecular weight excluding hydrogens is 339 g/mol. The first-order valence-corrected chi connectivity index (χ1v) is 7.38. The molecule has 0 unspecified atom stereocenters. The molecule has 1 N–H and O–H groups in total. The fourth-order valence-electron chi connectivity index (χ4n) is 1.64. The van der Waals surface area contributed by atoms with Crippen molar-refractivity contribution < 1.29 is 14.3 Å².